The zero-order valence-corrected chi connectivity index (χ0v) is 10.9. The van der Waals surface area contributed by atoms with Gasteiger partial charge in [-0.25, -0.2) is 0 Å². The number of hydrogen-bond donors (Lipinski definition) is 1. The minimum Gasteiger partial charge on any atom is -0.361 e. The van der Waals surface area contributed by atoms with Crippen molar-refractivity contribution in [2.45, 2.75) is 26.8 Å². The molecule has 0 unspecified atom stereocenters. The topological polar surface area (TPSA) is 42.2 Å². The lowest BCUT2D eigenvalue weighted by atomic mass is 10.2. The minimum absolute atomic E-state index is 0.831. The van der Waals surface area contributed by atoms with Gasteiger partial charge >= 0.3 is 0 Å². The highest BCUT2D eigenvalue weighted by atomic mass is 32.2. The third-order valence-electron chi connectivity index (χ3n) is 2.87. The van der Waals surface area contributed by atoms with E-state index in [1.807, 2.05) is 23.5 Å². The fraction of sp³-hybridized carbons (Fsp3) is 0.636. The average Bonchev–Trinajstić information content (AvgIpc) is 2.53. The van der Waals surface area contributed by atoms with E-state index in [1.54, 1.807) is 0 Å². The number of amidine groups is 1. The minimum atomic E-state index is 0.831. The molecule has 5 heteroatoms. The Morgan fingerprint density at radius 3 is 2.81 bits per heavy atom. The highest BCUT2D eigenvalue weighted by molar-refractivity contribution is 8.13. The van der Waals surface area contributed by atoms with Gasteiger partial charge in [-0.1, -0.05) is 11.8 Å². The Labute approximate surface area is 101 Å². The lowest BCUT2D eigenvalue weighted by Gasteiger charge is -2.13. The quantitative estimate of drug-likeness (QED) is 0.851. The van der Waals surface area contributed by atoms with Gasteiger partial charge in [0, 0.05) is 37.1 Å². The van der Waals surface area contributed by atoms with Crippen molar-refractivity contribution >= 4 is 16.9 Å². The van der Waals surface area contributed by atoms with Gasteiger partial charge in [-0.2, -0.15) is 5.10 Å². The third-order valence-corrected chi connectivity index (χ3v) is 3.91. The number of rotatable bonds is 2. The van der Waals surface area contributed by atoms with E-state index in [1.165, 1.54) is 23.4 Å². The van der Waals surface area contributed by atoms with E-state index in [9.17, 15) is 0 Å². The van der Waals surface area contributed by atoms with Crippen LogP contribution in [0.4, 0.5) is 0 Å². The maximum Gasteiger partial charge on any atom is 0.156 e. The summed E-state index contributed by atoms with van der Waals surface area (Å²) in [5, 5.41) is 8.87. The number of hydrogen-bond acceptors (Lipinski definition) is 4. The standard InChI is InChI=1S/C11H18N4S/c1-8-10(9(2)15(3)14-8)7-13-11-12-5-4-6-16-11/h4-7H2,1-3H3,(H,12,13). The fourth-order valence-electron chi connectivity index (χ4n) is 1.80. The van der Waals surface area contributed by atoms with Gasteiger partial charge in [-0.3, -0.25) is 9.67 Å². The summed E-state index contributed by atoms with van der Waals surface area (Å²) in [6.07, 6.45) is 1.20. The van der Waals surface area contributed by atoms with Crippen molar-refractivity contribution in [3.05, 3.63) is 17.0 Å². The summed E-state index contributed by atoms with van der Waals surface area (Å²) in [6, 6.07) is 0. The van der Waals surface area contributed by atoms with Crippen molar-refractivity contribution in [2.24, 2.45) is 12.0 Å². The van der Waals surface area contributed by atoms with Crippen LogP contribution in [0.2, 0.25) is 0 Å². The first-order valence-electron chi connectivity index (χ1n) is 5.58. The van der Waals surface area contributed by atoms with Crippen molar-refractivity contribution in [3.8, 4) is 0 Å². The molecule has 0 radical (unpaired) electrons. The first-order chi connectivity index (χ1) is 7.68. The number of aliphatic imine (C=N–C) groups is 1. The van der Waals surface area contributed by atoms with Crippen LogP contribution in [0, 0.1) is 13.8 Å². The summed E-state index contributed by atoms with van der Waals surface area (Å²) in [4.78, 5) is 4.45. The molecule has 0 aliphatic carbocycles. The largest absolute Gasteiger partial charge is 0.361 e. The molecule has 88 valence electrons. The molecular formula is C11H18N4S. The number of aromatic nitrogens is 2. The first kappa shape index (κ1) is 11.5. The van der Waals surface area contributed by atoms with Crippen LogP contribution in [0.1, 0.15) is 23.4 Å². The predicted octanol–water partition coefficient (Wildman–Crippen LogP) is 1.62. The van der Waals surface area contributed by atoms with Gasteiger partial charge in [-0.15, -0.1) is 0 Å². The second-order valence-electron chi connectivity index (χ2n) is 4.02. The van der Waals surface area contributed by atoms with E-state index in [-0.39, 0.29) is 0 Å². The van der Waals surface area contributed by atoms with Crippen LogP contribution in [0.5, 0.6) is 0 Å². The van der Waals surface area contributed by atoms with Gasteiger partial charge in [0.05, 0.1) is 5.69 Å². The molecule has 0 saturated heterocycles. The molecule has 16 heavy (non-hydrogen) atoms. The Hall–Kier alpha value is -0.970. The highest BCUT2D eigenvalue weighted by Gasteiger charge is 2.11. The number of nitrogens with zero attached hydrogens (tertiary/aromatic N) is 3. The smallest absolute Gasteiger partial charge is 0.156 e. The van der Waals surface area contributed by atoms with Crippen LogP contribution in [0.3, 0.4) is 0 Å². The molecule has 0 fully saturated rings. The van der Waals surface area contributed by atoms with E-state index in [0.29, 0.717) is 0 Å². The van der Waals surface area contributed by atoms with Crippen molar-refractivity contribution in [1.29, 1.82) is 0 Å². The van der Waals surface area contributed by atoms with Crippen molar-refractivity contribution < 1.29 is 0 Å². The zero-order valence-electron chi connectivity index (χ0n) is 10.1. The van der Waals surface area contributed by atoms with Crippen molar-refractivity contribution in [1.82, 2.24) is 15.1 Å². The second-order valence-corrected chi connectivity index (χ2v) is 5.10. The van der Waals surface area contributed by atoms with Crippen molar-refractivity contribution in [3.63, 3.8) is 0 Å². The Kier molecular flexibility index (Phi) is 3.53. The summed E-state index contributed by atoms with van der Waals surface area (Å²) in [7, 11) is 1.98. The molecule has 0 bridgehead atoms. The Balaban J connectivity index is 2.01. The van der Waals surface area contributed by atoms with Crippen LogP contribution in [0.25, 0.3) is 0 Å². The van der Waals surface area contributed by atoms with Gasteiger partial charge in [0.2, 0.25) is 0 Å². The molecular weight excluding hydrogens is 220 g/mol. The third kappa shape index (κ3) is 2.40. The molecule has 1 aliphatic rings. The molecule has 2 rings (SSSR count). The Morgan fingerprint density at radius 2 is 2.25 bits per heavy atom. The lowest BCUT2D eigenvalue weighted by Crippen LogP contribution is -2.23. The normalized spacial score (nSPS) is 16.1. The monoisotopic (exact) mass is 238 g/mol. The fourth-order valence-corrected chi connectivity index (χ4v) is 2.63. The van der Waals surface area contributed by atoms with Crippen LogP contribution in [-0.2, 0) is 13.6 Å². The second kappa shape index (κ2) is 4.91. The molecule has 0 aromatic carbocycles. The van der Waals surface area contributed by atoms with Gasteiger partial charge in [0.25, 0.3) is 0 Å². The maximum atomic E-state index is 4.45. The van der Waals surface area contributed by atoms with Gasteiger partial charge in [0.15, 0.2) is 5.17 Å². The zero-order chi connectivity index (χ0) is 11.5. The molecule has 4 nitrogen and oxygen atoms in total. The molecule has 0 saturated carbocycles. The predicted molar refractivity (Wildman–Crippen MR) is 68.9 cm³/mol. The molecule has 0 amide bonds. The van der Waals surface area contributed by atoms with E-state index < -0.39 is 0 Å². The SMILES string of the molecule is Cc1nn(C)c(C)c1CNC1=NCCCS1. The molecule has 1 aromatic rings. The average molecular weight is 238 g/mol. The van der Waals surface area contributed by atoms with Crippen LogP contribution in [0.15, 0.2) is 4.99 Å². The summed E-state index contributed by atoms with van der Waals surface area (Å²) in [5.74, 6) is 1.18. The Bertz CT molecular complexity index is 408. The molecule has 0 atom stereocenters. The van der Waals surface area contributed by atoms with E-state index in [4.69, 9.17) is 0 Å². The van der Waals surface area contributed by atoms with Gasteiger partial charge < -0.3 is 5.32 Å². The van der Waals surface area contributed by atoms with Crippen molar-refractivity contribution in [2.75, 3.05) is 12.3 Å². The maximum absolute atomic E-state index is 4.45. The molecule has 2 heterocycles. The summed E-state index contributed by atoms with van der Waals surface area (Å²) in [6.45, 7) is 5.95. The van der Waals surface area contributed by atoms with Crippen LogP contribution >= 0.6 is 11.8 Å². The summed E-state index contributed by atoms with van der Waals surface area (Å²) < 4.78 is 1.93. The van der Waals surface area contributed by atoms with E-state index >= 15 is 0 Å². The first-order valence-corrected chi connectivity index (χ1v) is 6.57. The van der Waals surface area contributed by atoms with E-state index in [0.717, 1.165) is 24.0 Å². The Morgan fingerprint density at radius 1 is 1.44 bits per heavy atom. The molecule has 1 aliphatic heterocycles. The summed E-state index contributed by atoms with van der Waals surface area (Å²) >= 11 is 1.81. The summed E-state index contributed by atoms with van der Waals surface area (Å²) in [5.41, 5.74) is 3.62. The van der Waals surface area contributed by atoms with E-state index in [2.05, 4.69) is 29.3 Å². The number of nitrogens with one attached hydrogen (secondary N) is 1. The van der Waals surface area contributed by atoms with Gasteiger partial charge in [-0.05, 0) is 20.3 Å². The van der Waals surface area contributed by atoms with Crippen LogP contribution in [-0.4, -0.2) is 27.2 Å². The molecule has 1 aromatic heterocycles. The number of thioether (sulfide) groups is 1. The molecule has 1 N–H and O–H groups in total. The van der Waals surface area contributed by atoms with Crippen LogP contribution < -0.4 is 5.32 Å². The number of aryl methyl sites for hydroxylation is 2. The highest BCUT2D eigenvalue weighted by Crippen LogP contribution is 2.14. The lowest BCUT2D eigenvalue weighted by molar-refractivity contribution is 0.729. The molecule has 0 spiro atoms. The van der Waals surface area contributed by atoms with Gasteiger partial charge in [0.1, 0.15) is 0 Å².